The number of aliphatic hydroxyl groups excluding tert-OH is 1. The quantitative estimate of drug-likeness (QED) is 0.823. The third-order valence-corrected chi connectivity index (χ3v) is 6.32. The van der Waals surface area contributed by atoms with Gasteiger partial charge in [0.25, 0.3) is 0 Å². The largest absolute Gasteiger partial charge is 0.397 e. The molecule has 5 nitrogen and oxygen atoms in total. The fourth-order valence-electron chi connectivity index (χ4n) is 2.81. The van der Waals surface area contributed by atoms with Crippen LogP contribution in [0.3, 0.4) is 0 Å². The predicted molar refractivity (Wildman–Crippen MR) is 78.9 cm³/mol. The second-order valence-electron chi connectivity index (χ2n) is 5.57. The molecule has 1 aliphatic rings. The number of nitrogen functional groups attached to an aromatic ring is 1. The van der Waals surface area contributed by atoms with Gasteiger partial charge in [-0.15, -0.1) is 0 Å². The summed E-state index contributed by atoms with van der Waals surface area (Å²) in [5, 5.41) is 9.47. The molecule has 6 heteroatoms. The van der Waals surface area contributed by atoms with Crippen LogP contribution in [0.25, 0.3) is 0 Å². The molecule has 0 aliphatic carbocycles. The Hall–Kier alpha value is -1.11. The van der Waals surface area contributed by atoms with E-state index in [0.29, 0.717) is 17.8 Å². The number of benzene rings is 1. The van der Waals surface area contributed by atoms with Crippen molar-refractivity contribution in [1.82, 2.24) is 4.31 Å². The first-order valence-electron chi connectivity index (χ1n) is 6.79. The second-order valence-corrected chi connectivity index (χ2v) is 7.40. The first kappa shape index (κ1) is 15.3. The Morgan fingerprint density at radius 3 is 2.55 bits per heavy atom. The highest BCUT2D eigenvalue weighted by Gasteiger charge is 2.40. The maximum Gasteiger partial charge on any atom is 0.245 e. The molecule has 1 fully saturated rings. The number of nitrogens with zero attached hydrogens (tertiary/aromatic N) is 1. The normalized spacial score (nSPS) is 24.2. The van der Waals surface area contributed by atoms with Gasteiger partial charge in [-0.1, -0.05) is 19.1 Å². The average Bonchev–Trinajstić information content (AvgIpc) is 2.76. The Kier molecular flexibility index (Phi) is 4.09. The summed E-state index contributed by atoms with van der Waals surface area (Å²) in [5.41, 5.74) is 7.69. The number of rotatable bonds is 3. The summed E-state index contributed by atoms with van der Waals surface area (Å²) in [5.74, 6) is 0.154. The van der Waals surface area contributed by atoms with Crippen LogP contribution >= 0.6 is 0 Å². The number of aryl methyl sites for hydroxylation is 2. The zero-order valence-electron chi connectivity index (χ0n) is 12.1. The molecule has 0 aromatic heterocycles. The summed E-state index contributed by atoms with van der Waals surface area (Å²) in [6.07, 6.45) is 0.759. The molecule has 0 amide bonds. The van der Waals surface area contributed by atoms with Gasteiger partial charge in [-0.2, -0.15) is 4.31 Å². The number of hydrogen-bond acceptors (Lipinski definition) is 4. The molecular weight excluding hydrogens is 276 g/mol. The fraction of sp³-hybridized carbons (Fsp3) is 0.571. The lowest BCUT2D eigenvalue weighted by Gasteiger charge is -2.26. The van der Waals surface area contributed by atoms with E-state index in [9.17, 15) is 13.5 Å². The molecule has 0 bridgehead atoms. The van der Waals surface area contributed by atoms with E-state index in [2.05, 4.69) is 0 Å². The highest BCUT2D eigenvalue weighted by molar-refractivity contribution is 7.89. The SMILES string of the molecule is Cc1ccc(C)c(S(=O)(=O)N2CCC(C)C2CO)c1N. The summed E-state index contributed by atoms with van der Waals surface area (Å²) in [6.45, 7) is 5.77. The maximum atomic E-state index is 12.9. The van der Waals surface area contributed by atoms with Crippen LogP contribution in [0.5, 0.6) is 0 Å². The van der Waals surface area contributed by atoms with E-state index < -0.39 is 10.0 Å². The molecule has 1 aromatic rings. The zero-order chi connectivity index (χ0) is 15.1. The number of sulfonamides is 1. The van der Waals surface area contributed by atoms with Crippen LogP contribution in [0, 0.1) is 19.8 Å². The van der Waals surface area contributed by atoms with Gasteiger partial charge in [0, 0.05) is 6.54 Å². The van der Waals surface area contributed by atoms with Crippen molar-refractivity contribution in [3.05, 3.63) is 23.3 Å². The molecule has 1 heterocycles. The molecule has 20 heavy (non-hydrogen) atoms. The average molecular weight is 298 g/mol. The highest BCUT2D eigenvalue weighted by Crippen LogP contribution is 2.34. The van der Waals surface area contributed by atoms with E-state index in [1.54, 1.807) is 19.9 Å². The molecule has 0 radical (unpaired) electrons. The number of anilines is 1. The summed E-state index contributed by atoms with van der Waals surface area (Å²) in [4.78, 5) is 0.185. The molecule has 0 spiro atoms. The molecule has 0 saturated carbocycles. The Morgan fingerprint density at radius 2 is 1.95 bits per heavy atom. The van der Waals surface area contributed by atoms with Crippen LogP contribution in [0.1, 0.15) is 24.5 Å². The van der Waals surface area contributed by atoms with Crippen molar-refractivity contribution in [3.63, 3.8) is 0 Å². The van der Waals surface area contributed by atoms with E-state index in [1.165, 1.54) is 4.31 Å². The van der Waals surface area contributed by atoms with Gasteiger partial charge in [-0.3, -0.25) is 0 Å². The van der Waals surface area contributed by atoms with Crippen LogP contribution in [0.2, 0.25) is 0 Å². The summed E-state index contributed by atoms with van der Waals surface area (Å²) in [7, 11) is -3.67. The van der Waals surface area contributed by atoms with Crippen molar-refractivity contribution in [3.8, 4) is 0 Å². The smallest absolute Gasteiger partial charge is 0.245 e. The van der Waals surface area contributed by atoms with Crippen molar-refractivity contribution in [2.75, 3.05) is 18.9 Å². The molecule has 1 aliphatic heterocycles. The Bertz CT molecular complexity index is 613. The Labute approximate surface area is 120 Å². The van der Waals surface area contributed by atoms with Gasteiger partial charge in [0.05, 0.1) is 18.3 Å². The zero-order valence-corrected chi connectivity index (χ0v) is 12.9. The van der Waals surface area contributed by atoms with Crippen LogP contribution < -0.4 is 5.73 Å². The summed E-state index contributed by atoms with van der Waals surface area (Å²) in [6, 6.07) is 3.23. The molecular formula is C14H22N2O3S. The van der Waals surface area contributed by atoms with Gasteiger partial charge in [0.15, 0.2) is 0 Å². The van der Waals surface area contributed by atoms with Gasteiger partial charge in [-0.05, 0) is 37.3 Å². The van der Waals surface area contributed by atoms with Crippen molar-refractivity contribution in [2.45, 2.75) is 38.1 Å². The van der Waals surface area contributed by atoms with Crippen molar-refractivity contribution < 1.29 is 13.5 Å². The summed E-state index contributed by atoms with van der Waals surface area (Å²) < 4.78 is 27.2. The van der Waals surface area contributed by atoms with E-state index in [-0.39, 0.29) is 23.5 Å². The first-order chi connectivity index (χ1) is 9.30. The molecule has 1 aromatic carbocycles. The van der Waals surface area contributed by atoms with Gasteiger partial charge in [-0.25, -0.2) is 8.42 Å². The highest BCUT2D eigenvalue weighted by atomic mass is 32.2. The maximum absolute atomic E-state index is 12.9. The van der Waals surface area contributed by atoms with E-state index in [4.69, 9.17) is 5.73 Å². The standard InChI is InChI=1S/C14H22N2O3S/c1-9-6-7-16(12(9)8-17)20(18,19)14-11(3)5-4-10(2)13(14)15/h4-5,9,12,17H,6-8,15H2,1-3H3. The van der Waals surface area contributed by atoms with Crippen molar-refractivity contribution in [1.29, 1.82) is 0 Å². The minimum absolute atomic E-state index is 0.154. The lowest BCUT2D eigenvalue weighted by molar-refractivity contribution is 0.191. The minimum atomic E-state index is -3.67. The van der Waals surface area contributed by atoms with Gasteiger partial charge in [0.2, 0.25) is 10.0 Å². The lowest BCUT2D eigenvalue weighted by Crippen LogP contribution is -2.40. The van der Waals surface area contributed by atoms with Crippen LogP contribution in [-0.2, 0) is 10.0 Å². The van der Waals surface area contributed by atoms with Gasteiger partial charge in [0.1, 0.15) is 4.90 Å². The van der Waals surface area contributed by atoms with Crippen LogP contribution in [-0.4, -0.2) is 37.0 Å². The molecule has 3 N–H and O–H groups in total. The Balaban J connectivity index is 2.54. The minimum Gasteiger partial charge on any atom is -0.397 e. The third kappa shape index (κ3) is 2.32. The fourth-order valence-corrected chi connectivity index (χ4v) is 4.93. The molecule has 2 rings (SSSR count). The topological polar surface area (TPSA) is 83.6 Å². The third-order valence-electron chi connectivity index (χ3n) is 4.20. The van der Waals surface area contributed by atoms with Gasteiger partial charge < -0.3 is 10.8 Å². The molecule has 112 valence electrons. The monoisotopic (exact) mass is 298 g/mol. The number of hydrogen-bond donors (Lipinski definition) is 2. The second kappa shape index (κ2) is 5.35. The number of aliphatic hydroxyl groups is 1. The van der Waals surface area contributed by atoms with E-state index in [0.717, 1.165) is 12.0 Å². The van der Waals surface area contributed by atoms with Gasteiger partial charge >= 0.3 is 0 Å². The Morgan fingerprint density at radius 1 is 1.35 bits per heavy atom. The van der Waals surface area contributed by atoms with Crippen LogP contribution in [0.15, 0.2) is 17.0 Å². The predicted octanol–water partition coefficient (Wildman–Crippen LogP) is 1.28. The van der Waals surface area contributed by atoms with E-state index in [1.807, 2.05) is 13.0 Å². The summed E-state index contributed by atoms with van der Waals surface area (Å²) >= 11 is 0. The number of nitrogens with two attached hydrogens (primary N) is 1. The lowest BCUT2D eigenvalue weighted by atomic mass is 10.0. The molecule has 2 unspecified atom stereocenters. The van der Waals surface area contributed by atoms with Crippen LogP contribution in [0.4, 0.5) is 5.69 Å². The van der Waals surface area contributed by atoms with Crippen molar-refractivity contribution >= 4 is 15.7 Å². The first-order valence-corrected chi connectivity index (χ1v) is 8.23. The van der Waals surface area contributed by atoms with Crippen molar-refractivity contribution in [2.24, 2.45) is 5.92 Å². The molecule has 1 saturated heterocycles. The van der Waals surface area contributed by atoms with E-state index >= 15 is 0 Å². The molecule has 2 atom stereocenters.